The number of allylic oxidation sites excluding steroid dienone is 1. The van der Waals surface area contributed by atoms with Crippen LogP contribution < -0.4 is 0 Å². The van der Waals surface area contributed by atoms with E-state index in [0.29, 0.717) is 0 Å². The maximum atomic E-state index is 3.91. The molecule has 0 unspecified atom stereocenters. The molecular weight excluding hydrogens is 96.1 g/mol. The fourth-order valence-electron chi connectivity index (χ4n) is 1.30. The summed E-state index contributed by atoms with van der Waals surface area (Å²) in [4.78, 5) is 0. The molecule has 1 saturated carbocycles. The number of hydrogen-bond acceptors (Lipinski definition) is 0. The summed E-state index contributed by atoms with van der Waals surface area (Å²) in [5.74, 6) is 1.83. The Morgan fingerprint density at radius 1 is 1.50 bits per heavy atom. The van der Waals surface area contributed by atoms with Crippen LogP contribution in [0.3, 0.4) is 0 Å². The summed E-state index contributed by atoms with van der Waals surface area (Å²) in [5.41, 5.74) is 1.38. The predicted molar refractivity (Wildman–Crippen MR) is 36.7 cm³/mol. The summed E-state index contributed by atoms with van der Waals surface area (Å²) >= 11 is 0. The third kappa shape index (κ3) is 0.936. The fourth-order valence-corrected chi connectivity index (χ4v) is 1.30. The first-order chi connectivity index (χ1) is 3.70. The molecule has 0 aliphatic heterocycles. The van der Waals surface area contributed by atoms with E-state index in [1.165, 1.54) is 18.4 Å². The van der Waals surface area contributed by atoms with E-state index in [4.69, 9.17) is 0 Å². The molecule has 0 heterocycles. The summed E-state index contributed by atoms with van der Waals surface area (Å²) < 4.78 is 0. The van der Waals surface area contributed by atoms with E-state index >= 15 is 0 Å². The molecule has 1 aliphatic rings. The van der Waals surface area contributed by atoms with Crippen molar-refractivity contribution >= 4 is 0 Å². The summed E-state index contributed by atoms with van der Waals surface area (Å²) in [6, 6.07) is 0. The molecule has 0 aromatic carbocycles. The van der Waals surface area contributed by atoms with E-state index in [1.54, 1.807) is 0 Å². The highest BCUT2D eigenvalue weighted by Gasteiger charge is 2.24. The van der Waals surface area contributed by atoms with Gasteiger partial charge >= 0.3 is 0 Å². The molecule has 0 N–H and O–H groups in total. The monoisotopic (exact) mass is 110 g/mol. The standard InChI is InChI=1S/C8H14/c1-6(2)8-4-7(3)5-8/h7-8H,1,4-5H2,2-3H3. The highest BCUT2D eigenvalue weighted by molar-refractivity contribution is 5.01. The van der Waals surface area contributed by atoms with Gasteiger partial charge in [0.2, 0.25) is 0 Å². The topological polar surface area (TPSA) is 0 Å². The molecule has 0 aromatic heterocycles. The van der Waals surface area contributed by atoms with Gasteiger partial charge in [0.1, 0.15) is 0 Å². The van der Waals surface area contributed by atoms with Crippen molar-refractivity contribution in [3.8, 4) is 0 Å². The minimum atomic E-state index is 0.866. The van der Waals surface area contributed by atoms with E-state index in [1.807, 2.05) is 0 Å². The van der Waals surface area contributed by atoms with Gasteiger partial charge in [-0.1, -0.05) is 19.1 Å². The summed E-state index contributed by atoms with van der Waals surface area (Å²) in [6.07, 6.45) is 2.77. The lowest BCUT2D eigenvalue weighted by Crippen LogP contribution is -2.21. The van der Waals surface area contributed by atoms with Crippen molar-refractivity contribution in [2.24, 2.45) is 11.8 Å². The third-order valence-electron chi connectivity index (χ3n) is 2.07. The first kappa shape index (κ1) is 5.87. The Hall–Kier alpha value is -0.260. The first-order valence-corrected chi connectivity index (χ1v) is 3.35. The first-order valence-electron chi connectivity index (χ1n) is 3.35. The third-order valence-corrected chi connectivity index (χ3v) is 2.07. The van der Waals surface area contributed by atoms with Crippen molar-refractivity contribution in [2.75, 3.05) is 0 Å². The molecule has 8 heavy (non-hydrogen) atoms. The molecule has 0 saturated heterocycles. The van der Waals surface area contributed by atoms with Crippen molar-refractivity contribution in [2.45, 2.75) is 26.7 Å². The molecule has 0 spiro atoms. The average Bonchev–Trinajstić information content (AvgIpc) is 1.57. The summed E-state index contributed by atoms with van der Waals surface area (Å²) in [5, 5.41) is 0. The molecule has 0 radical (unpaired) electrons. The van der Waals surface area contributed by atoms with Crippen molar-refractivity contribution < 1.29 is 0 Å². The van der Waals surface area contributed by atoms with Gasteiger partial charge in [-0.3, -0.25) is 0 Å². The van der Waals surface area contributed by atoms with Crippen LogP contribution in [0.2, 0.25) is 0 Å². The Morgan fingerprint density at radius 2 is 2.00 bits per heavy atom. The minimum Gasteiger partial charge on any atom is -0.0999 e. The van der Waals surface area contributed by atoms with Crippen LogP contribution in [-0.4, -0.2) is 0 Å². The predicted octanol–water partition coefficient (Wildman–Crippen LogP) is 2.61. The van der Waals surface area contributed by atoms with Gasteiger partial charge in [0.15, 0.2) is 0 Å². The molecule has 0 aromatic rings. The Morgan fingerprint density at radius 3 is 2.12 bits per heavy atom. The molecule has 1 rings (SSSR count). The Balaban J connectivity index is 2.25. The van der Waals surface area contributed by atoms with Gasteiger partial charge in [-0.25, -0.2) is 0 Å². The van der Waals surface area contributed by atoms with Crippen molar-refractivity contribution in [1.29, 1.82) is 0 Å². The number of rotatable bonds is 1. The van der Waals surface area contributed by atoms with Crippen LogP contribution in [0.5, 0.6) is 0 Å². The van der Waals surface area contributed by atoms with Gasteiger partial charge < -0.3 is 0 Å². The second kappa shape index (κ2) is 1.93. The van der Waals surface area contributed by atoms with Crippen molar-refractivity contribution in [3.05, 3.63) is 12.2 Å². The van der Waals surface area contributed by atoms with Gasteiger partial charge in [-0.2, -0.15) is 0 Å². The molecule has 0 heteroatoms. The van der Waals surface area contributed by atoms with Crippen LogP contribution in [0.15, 0.2) is 12.2 Å². The average molecular weight is 110 g/mol. The van der Waals surface area contributed by atoms with Crippen LogP contribution in [0.4, 0.5) is 0 Å². The maximum Gasteiger partial charge on any atom is -0.0204 e. The Labute approximate surface area is 51.6 Å². The highest BCUT2D eigenvalue weighted by atomic mass is 14.3. The van der Waals surface area contributed by atoms with E-state index in [2.05, 4.69) is 20.4 Å². The van der Waals surface area contributed by atoms with Crippen LogP contribution in [0.1, 0.15) is 26.7 Å². The van der Waals surface area contributed by atoms with Crippen molar-refractivity contribution in [1.82, 2.24) is 0 Å². The van der Waals surface area contributed by atoms with Crippen LogP contribution in [-0.2, 0) is 0 Å². The minimum absolute atomic E-state index is 0.866. The van der Waals surface area contributed by atoms with Gasteiger partial charge in [-0.05, 0) is 31.6 Å². The molecule has 1 fully saturated rings. The lowest BCUT2D eigenvalue weighted by Gasteiger charge is -2.32. The van der Waals surface area contributed by atoms with E-state index in [9.17, 15) is 0 Å². The lowest BCUT2D eigenvalue weighted by molar-refractivity contribution is 0.250. The molecule has 0 nitrogen and oxygen atoms in total. The molecular formula is C8H14. The summed E-state index contributed by atoms with van der Waals surface area (Å²) in [6.45, 7) is 8.35. The molecule has 0 bridgehead atoms. The molecule has 46 valence electrons. The Kier molecular flexibility index (Phi) is 1.41. The zero-order chi connectivity index (χ0) is 6.15. The highest BCUT2D eigenvalue weighted by Crippen LogP contribution is 2.37. The normalized spacial score (nSPS) is 36.2. The van der Waals surface area contributed by atoms with Crippen LogP contribution in [0, 0.1) is 11.8 Å². The second-order valence-corrected chi connectivity index (χ2v) is 3.12. The van der Waals surface area contributed by atoms with Crippen LogP contribution >= 0.6 is 0 Å². The van der Waals surface area contributed by atoms with Crippen LogP contribution in [0.25, 0.3) is 0 Å². The zero-order valence-electron chi connectivity index (χ0n) is 5.78. The molecule has 0 atom stereocenters. The largest absolute Gasteiger partial charge is 0.0999 e. The SMILES string of the molecule is C=C(C)C1CC(C)C1. The fraction of sp³-hybridized carbons (Fsp3) is 0.750. The van der Waals surface area contributed by atoms with Gasteiger partial charge in [0.25, 0.3) is 0 Å². The van der Waals surface area contributed by atoms with Crippen molar-refractivity contribution in [3.63, 3.8) is 0 Å². The lowest BCUT2D eigenvalue weighted by atomic mass is 9.73. The van der Waals surface area contributed by atoms with E-state index in [-0.39, 0.29) is 0 Å². The van der Waals surface area contributed by atoms with E-state index in [0.717, 1.165) is 11.8 Å². The Bertz CT molecular complexity index is 96.6. The maximum absolute atomic E-state index is 3.91. The summed E-state index contributed by atoms with van der Waals surface area (Å²) in [7, 11) is 0. The molecule has 0 amide bonds. The second-order valence-electron chi connectivity index (χ2n) is 3.12. The zero-order valence-corrected chi connectivity index (χ0v) is 5.78. The van der Waals surface area contributed by atoms with Gasteiger partial charge in [0.05, 0.1) is 0 Å². The quantitative estimate of drug-likeness (QED) is 0.455. The number of hydrogen-bond donors (Lipinski definition) is 0. The molecule has 1 aliphatic carbocycles. The van der Waals surface area contributed by atoms with Gasteiger partial charge in [-0.15, -0.1) is 0 Å². The smallest absolute Gasteiger partial charge is 0.0204 e. The van der Waals surface area contributed by atoms with E-state index < -0.39 is 0 Å². The van der Waals surface area contributed by atoms with Gasteiger partial charge in [0, 0.05) is 0 Å².